The van der Waals surface area contributed by atoms with Crippen LogP contribution in [0.4, 0.5) is 0 Å². The Kier molecular flexibility index (Phi) is 5.25. The van der Waals surface area contributed by atoms with E-state index in [-0.39, 0.29) is 11.5 Å². The van der Waals surface area contributed by atoms with E-state index >= 15 is 0 Å². The molecule has 3 atom stereocenters. The molecule has 136 valence electrons. The highest BCUT2D eigenvalue weighted by Crippen LogP contribution is 2.34. The Bertz CT molecular complexity index is 678. The van der Waals surface area contributed by atoms with Crippen molar-refractivity contribution in [3.8, 4) is 0 Å². The lowest BCUT2D eigenvalue weighted by Crippen LogP contribution is -2.33. The first-order valence-electron chi connectivity index (χ1n) is 9.19. The number of aliphatic hydroxyl groups is 1. The van der Waals surface area contributed by atoms with Crippen molar-refractivity contribution >= 4 is 0 Å². The van der Waals surface area contributed by atoms with Gasteiger partial charge in [0.15, 0.2) is 5.82 Å². The number of benzene rings is 1. The third-order valence-corrected chi connectivity index (χ3v) is 5.07. The van der Waals surface area contributed by atoms with E-state index in [2.05, 4.69) is 42.7 Å². The average Bonchev–Trinajstić information content (AvgIpc) is 3.24. The molecule has 1 N–H and O–H groups in total. The summed E-state index contributed by atoms with van der Waals surface area (Å²) in [7, 11) is 0. The number of hydrogen-bond acceptors (Lipinski definition) is 5. The van der Waals surface area contributed by atoms with Crippen molar-refractivity contribution in [3.05, 3.63) is 47.6 Å². The highest BCUT2D eigenvalue weighted by atomic mass is 16.5. The zero-order valence-corrected chi connectivity index (χ0v) is 15.6. The summed E-state index contributed by atoms with van der Waals surface area (Å²) in [6, 6.07) is 10.3. The Balaban J connectivity index is 1.69. The van der Waals surface area contributed by atoms with E-state index in [1.165, 1.54) is 0 Å². The monoisotopic (exact) mass is 343 g/mol. The average molecular weight is 343 g/mol. The maximum Gasteiger partial charge on any atom is 0.243 e. The topological polar surface area (TPSA) is 62.4 Å². The first kappa shape index (κ1) is 18.1. The molecule has 0 spiro atoms. The van der Waals surface area contributed by atoms with E-state index in [9.17, 15) is 5.11 Å². The van der Waals surface area contributed by atoms with Gasteiger partial charge in [-0.15, -0.1) is 0 Å². The standard InChI is InChI=1S/C20H29N3O2/c1-14(18-21-19(22-25-18)20(2,3)4)23-12-8-11-16(23)13-17(24)15-9-6-5-7-10-15/h5-7,9-10,14,16-17,24H,8,11-13H2,1-4H3. The van der Waals surface area contributed by atoms with Crippen molar-refractivity contribution in [1.82, 2.24) is 15.0 Å². The van der Waals surface area contributed by atoms with Gasteiger partial charge in [0.25, 0.3) is 0 Å². The molecule has 1 saturated heterocycles. The Hall–Kier alpha value is -1.72. The van der Waals surface area contributed by atoms with Gasteiger partial charge in [0.2, 0.25) is 5.89 Å². The predicted octanol–water partition coefficient (Wildman–Crippen LogP) is 4.02. The van der Waals surface area contributed by atoms with Crippen LogP contribution in [0.2, 0.25) is 0 Å². The number of likely N-dealkylation sites (tertiary alicyclic amines) is 1. The molecule has 0 bridgehead atoms. The van der Waals surface area contributed by atoms with Crippen LogP contribution in [-0.2, 0) is 5.41 Å². The minimum atomic E-state index is -0.438. The molecule has 5 heteroatoms. The summed E-state index contributed by atoms with van der Waals surface area (Å²) in [5, 5.41) is 14.7. The van der Waals surface area contributed by atoms with Crippen LogP contribution in [-0.4, -0.2) is 32.7 Å². The van der Waals surface area contributed by atoms with Crippen LogP contribution in [0.15, 0.2) is 34.9 Å². The lowest BCUT2D eigenvalue weighted by Gasteiger charge is -2.30. The minimum Gasteiger partial charge on any atom is -0.388 e. The molecule has 2 aromatic rings. The fourth-order valence-electron chi connectivity index (χ4n) is 3.54. The van der Waals surface area contributed by atoms with Gasteiger partial charge in [-0.3, -0.25) is 4.90 Å². The Morgan fingerprint density at radius 2 is 2.00 bits per heavy atom. The third-order valence-electron chi connectivity index (χ3n) is 5.07. The van der Waals surface area contributed by atoms with E-state index in [0.717, 1.165) is 37.2 Å². The van der Waals surface area contributed by atoms with Crippen LogP contribution < -0.4 is 0 Å². The predicted molar refractivity (Wildman–Crippen MR) is 97.2 cm³/mol. The first-order chi connectivity index (χ1) is 11.9. The second kappa shape index (κ2) is 7.26. The molecule has 3 unspecified atom stereocenters. The number of hydrogen-bond donors (Lipinski definition) is 1. The molecule has 2 heterocycles. The third kappa shape index (κ3) is 4.10. The zero-order chi connectivity index (χ0) is 18.0. The smallest absolute Gasteiger partial charge is 0.243 e. The number of aromatic nitrogens is 2. The number of aliphatic hydroxyl groups excluding tert-OH is 1. The summed E-state index contributed by atoms with van der Waals surface area (Å²) in [6.45, 7) is 9.37. The minimum absolute atomic E-state index is 0.0686. The van der Waals surface area contributed by atoms with Gasteiger partial charge < -0.3 is 9.63 Å². The number of rotatable bonds is 5. The normalized spacial score (nSPS) is 21.4. The van der Waals surface area contributed by atoms with Crippen molar-refractivity contribution in [2.24, 2.45) is 0 Å². The molecule has 25 heavy (non-hydrogen) atoms. The number of nitrogens with zero attached hydrogens (tertiary/aromatic N) is 3. The fraction of sp³-hybridized carbons (Fsp3) is 0.600. The molecule has 1 aliphatic heterocycles. The van der Waals surface area contributed by atoms with Gasteiger partial charge in [-0.05, 0) is 38.3 Å². The van der Waals surface area contributed by atoms with E-state index < -0.39 is 6.10 Å². The molecule has 0 amide bonds. The highest BCUT2D eigenvalue weighted by molar-refractivity contribution is 5.17. The largest absolute Gasteiger partial charge is 0.388 e. The Labute approximate surface area is 150 Å². The van der Waals surface area contributed by atoms with Gasteiger partial charge in [-0.1, -0.05) is 56.3 Å². The zero-order valence-electron chi connectivity index (χ0n) is 15.6. The molecule has 1 aromatic heterocycles. The second-order valence-corrected chi connectivity index (χ2v) is 8.08. The van der Waals surface area contributed by atoms with Crippen molar-refractivity contribution < 1.29 is 9.63 Å². The van der Waals surface area contributed by atoms with E-state index in [1.807, 2.05) is 30.3 Å². The van der Waals surface area contributed by atoms with Crippen molar-refractivity contribution in [1.29, 1.82) is 0 Å². The maximum atomic E-state index is 10.6. The van der Waals surface area contributed by atoms with Crippen LogP contribution in [0.3, 0.4) is 0 Å². The van der Waals surface area contributed by atoms with Crippen molar-refractivity contribution in [2.45, 2.75) is 70.6 Å². The summed E-state index contributed by atoms with van der Waals surface area (Å²) >= 11 is 0. The molecule has 1 aliphatic rings. The van der Waals surface area contributed by atoms with E-state index in [0.29, 0.717) is 11.9 Å². The molecular weight excluding hydrogens is 314 g/mol. The molecule has 0 radical (unpaired) electrons. The van der Waals surface area contributed by atoms with Gasteiger partial charge in [-0.2, -0.15) is 4.98 Å². The van der Waals surface area contributed by atoms with Crippen LogP contribution in [0.25, 0.3) is 0 Å². The van der Waals surface area contributed by atoms with Crippen LogP contribution in [0.5, 0.6) is 0 Å². The summed E-state index contributed by atoms with van der Waals surface area (Å²) < 4.78 is 5.54. The van der Waals surface area contributed by atoms with Crippen LogP contribution in [0, 0.1) is 0 Å². The van der Waals surface area contributed by atoms with Crippen molar-refractivity contribution in [2.75, 3.05) is 6.54 Å². The molecule has 1 aromatic carbocycles. The van der Waals surface area contributed by atoms with Gasteiger partial charge in [0, 0.05) is 11.5 Å². The molecule has 0 aliphatic carbocycles. The van der Waals surface area contributed by atoms with E-state index in [4.69, 9.17) is 4.52 Å². The lowest BCUT2D eigenvalue weighted by atomic mass is 9.96. The van der Waals surface area contributed by atoms with Gasteiger partial charge in [-0.25, -0.2) is 0 Å². The second-order valence-electron chi connectivity index (χ2n) is 8.08. The maximum absolute atomic E-state index is 10.6. The summed E-state index contributed by atoms with van der Waals surface area (Å²) in [5.74, 6) is 1.42. The fourth-order valence-corrected chi connectivity index (χ4v) is 3.54. The molecule has 0 saturated carbocycles. The van der Waals surface area contributed by atoms with Gasteiger partial charge >= 0.3 is 0 Å². The summed E-state index contributed by atoms with van der Waals surface area (Å²) in [6.07, 6.45) is 2.52. The first-order valence-corrected chi connectivity index (χ1v) is 9.19. The summed E-state index contributed by atoms with van der Waals surface area (Å²) in [5.41, 5.74) is 0.866. The molecule has 5 nitrogen and oxygen atoms in total. The van der Waals surface area contributed by atoms with Crippen LogP contribution in [0.1, 0.15) is 76.4 Å². The quantitative estimate of drug-likeness (QED) is 0.888. The SMILES string of the molecule is CC(c1nc(C(C)(C)C)no1)N1CCCC1CC(O)c1ccccc1. The Morgan fingerprint density at radius 1 is 1.28 bits per heavy atom. The van der Waals surface area contributed by atoms with Crippen molar-refractivity contribution in [3.63, 3.8) is 0 Å². The molecular formula is C20H29N3O2. The molecule has 1 fully saturated rings. The molecule has 3 rings (SSSR count). The highest BCUT2D eigenvalue weighted by Gasteiger charge is 2.34. The van der Waals surface area contributed by atoms with E-state index in [1.54, 1.807) is 0 Å². The lowest BCUT2D eigenvalue weighted by molar-refractivity contribution is 0.0934. The Morgan fingerprint density at radius 3 is 2.64 bits per heavy atom. The van der Waals surface area contributed by atoms with Gasteiger partial charge in [0.1, 0.15) is 0 Å². The summed E-state index contributed by atoms with van der Waals surface area (Å²) in [4.78, 5) is 7.01. The van der Waals surface area contributed by atoms with Gasteiger partial charge in [0.05, 0.1) is 12.1 Å². The van der Waals surface area contributed by atoms with Crippen LogP contribution >= 0.6 is 0 Å².